The van der Waals surface area contributed by atoms with Gasteiger partial charge in [-0.3, -0.25) is 5.10 Å². The van der Waals surface area contributed by atoms with E-state index >= 15 is 0 Å². The van der Waals surface area contributed by atoms with Crippen LogP contribution in [0.2, 0.25) is 5.02 Å². The molecule has 0 atom stereocenters. The summed E-state index contributed by atoms with van der Waals surface area (Å²) in [5, 5.41) is 10.5. The Morgan fingerprint density at radius 2 is 2.05 bits per heavy atom. The molecule has 2 aromatic heterocycles. The van der Waals surface area contributed by atoms with Crippen LogP contribution in [-0.2, 0) is 0 Å². The molecule has 0 spiro atoms. The van der Waals surface area contributed by atoms with E-state index in [1.165, 1.54) is 6.20 Å². The summed E-state index contributed by atoms with van der Waals surface area (Å²) in [6.07, 6.45) is 1.45. The quantitative estimate of drug-likeness (QED) is 0.686. The van der Waals surface area contributed by atoms with E-state index in [9.17, 15) is 0 Å². The van der Waals surface area contributed by atoms with E-state index in [4.69, 9.17) is 17.3 Å². The van der Waals surface area contributed by atoms with Crippen LogP contribution in [0.1, 0.15) is 5.82 Å². The molecule has 0 fully saturated rings. The molecule has 0 saturated heterocycles. The SMILES string of the molecule is Cc1nc(-c2ccccc2Nc2nc(N)ncc2Cl)n[nH]1. The molecule has 3 rings (SSSR count). The van der Waals surface area contributed by atoms with Gasteiger partial charge in [-0.1, -0.05) is 23.7 Å². The molecule has 0 unspecified atom stereocenters. The smallest absolute Gasteiger partial charge is 0.222 e. The highest BCUT2D eigenvalue weighted by Crippen LogP contribution is 2.29. The number of anilines is 3. The monoisotopic (exact) mass is 301 g/mol. The van der Waals surface area contributed by atoms with Crippen LogP contribution in [0, 0.1) is 6.92 Å². The van der Waals surface area contributed by atoms with Crippen LogP contribution < -0.4 is 11.1 Å². The van der Waals surface area contributed by atoms with Crippen molar-refractivity contribution in [3.05, 3.63) is 41.3 Å². The van der Waals surface area contributed by atoms with Gasteiger partial charge in [0.05, 0.1) is 11.9 Å². The standard InChI is InChI=1S/C13H12ClN7/c1-7-17-11(21-20-7)8-4-2-3-5-10(8)18-12-9(14)6-16-13(15)19-12/h2-6H,1H3,(H,17,20,21)(H3,15,16,18,19). The van der Waals surface area contributed by atoms with E-state index in [0.29, 0.717) is 16.7 Å². The zero-order valence-electron chi connectivity index (χ0n) is 11.1. The number of aromatic nitrogens is 5. The van der Waals surface area contributed by atoms with Crippen molar-refractivity contribution in [1.29, 1.82) is 0 Å². The number of nitrogens with one attached hydrogen (secondary N) is 2. The van der Waals surface area contributed by atoms with Crippen LogP contribution in [0.25, 0.3) is 11.4 Å². The highest BCUT2D eigenvalue weighted by atomic mass is 35.5. The molecule has 3 aromatic rings. The zero-order valence-corrected chi connectivity index (χ0v) is 11.9. The van der Waals surface area contributed by atoms with Crippen molar-refractivity contribution in [2.75, 3.05) is 11.1 Å². The molecule has 7 nitrogen and oxygen atoms in total. The van der Waals surface area contributed by atoms with Crippen molar-refractivity contribution < 1.29 is 0 Å². The third-order valence-corrected chi connectivity index (χ3v) is 3.06. The fourth-order valence-electron chi connectivity index (χ4n) is 1.85. The molecule has 0 aliphatic rings. The molecule has 2 heterocycles. The molecular weight excluding hydrogens is 290 g/mol. The fraction of sp³-hybridized carbons (Fsp3) is 0.0769. The van der Waals surface area contributed by atoms with Gasteiger partial charge < -0.3 is 11.1 Å². The summed E-state index contributed by atoms with van der Waals surface area (Å²) in [6, 6.07) is 7.59. The number of nitrogens with two attached hydrogens (primary N) is 1. The Morgan fingerprint density at radius 3 is 2.81 bits per heavy atom. The number of nitrogens with zero attached hydrogens (tertiary/aromatic N) is 4. The summed E-state index contributed by atoms with van der Waals surface area (Å²) < 4.78 is 0. The summed E-state index contributed by atoms with van der Waals surface area (Å²) in [7, 11) is 0. The van der Waals surface area contributed by atoms with Gasteiger partial charge >= 0.3 is 0 Å². The fourth-order valence-corrected chi connectivity index (χ4v) is 1.98. The van der Waals surface area contributed by atoms with Crippen LogP contribution >= 0.6 is 11.6 Å². The number of halogens is 1. The number of aromatic amines is 1. The van der Waals surface area contributed by atoms with E-state index in [1.807, 2.05) is 31.2 Å². The van der Waals surface area contributed by atoms with Gasteiger partial charge in [0.15, 0.2) is 11.6 Å². The number of hydrogen-bond acceptors (Lipinski definition) is 6. The van der Waals surface area contributed by atoms with E-state index < -0.39 is 0 Å². The first kappa shape index (κ1) is 13.3. The first-order valence-corrected chi connectivity index (χ1v) is 6.55. The minimum atomic E-state index is 0.146. The van der Waals surface area contributed by atoms with Gasteiger partial charge in [0.1, 0.15) is 10.8 Å². The first-order valence-electron chi connectivity index (χ1n) is 6.17. The van der Waals surface area contributed by atoms with Gasteiger partial charge in [0, 0.05) is 5.56 Å². The summed E-state index contributed by atoms with van der Waals surface area (Å²) in [5.74, 6) is 1.91. The van der Waals surface area contributed by atoms with Crippen molar-refractivity contribution >= 4 is 29.1 Å². The Balaban J connectivity index is 2.01. The van der Waals surface area contributed by atoms with Crippen LogP contribution in [-0.4, -0.2) is 25.1 Å². The van der Waals surface area contributed by atoms with E-state index in [-0.39, 0.29) is 5.95 Å². The lowest BCUT2D eigenvalue weighted by atomic mass is 10.1. The lowest BCUT2D eigenvalue weighted by Crippen LogP contribution is -2.01. The molecule has 0 bridgehead atoms. The van der Waals surface area contributed by atoms with Gasteiger partial charge in [0.25, 0.3) is 0 Å². The normalized spacial score (nSPS) is 10.6. The number of para-hydroxylation sites is 1. The molecule has 8 heteroatoms. The highest BCUT2D eigenvalue weighted by Gasteiger charge is 2.11. The molecule has 4 N–H and O–H groups in total. The average molecular weight is 302 g/mol. The van der Waals surface area contributed by atoms with Gasteiger partial charge in [-0.15, -0.1) is 0 Å². The predicted molar refractivity (Wildman–Crippen MR) is 81.3 cm³/mol. The van der Waals surface area contributed by atoms with Crippen molar-refractivity contribution in [2.45, 2.75) is 6.92 Å². The number of aryl methyl sites for hydroxylation is 1. The highest BCUT2D eigenvalue weighted by molar-refractivity contribution is 6.32. The second kappa shape index (κ2) is 5.37. The van der Waals surface area contributed by atoms with Crippen LogP contribution in [0.5, 0.6) is 0 Å². The van der Waals surface area contributed by atoms with Crippen LogP contribution in [0.4, 0.5) is 17.5 Å². The molecule has 106 valence electrons. The molecule has 21 heavy (non-hydrogen) atoms. The summed E-state index contributed by atoms with van der Waals surface area (Å²) >= 11 is 6.07. The Labute approximate surface area is 125 Å². The van der Waals surface area contributed by atoms with Crippen LogP contribution in [0.15, 0.2) is 30.5 Å². The lowest BCUT2D eigenvalue weighted by molar-refractivity contribution is 1.04. The Morgan fingerprint density at radius 1 is 1.24 bits per heavy atom. The maximum atomic E-state index is 6.07. The molecule has 0 amide bonds. The molecule has 0 aliphatic heterocycles. The van der Waals surface area contributed by atoms with Gasteiger partial charge in [-0.25, -0.2) is 9.97 Å². The van der Waals surface area contributed by atoms with Crippen molar-refractivity contribution in [3.8, 4) is 11.4 Å². The van der Waals surface area contributed by atoms with E-state index in [0.717, 1.165) is 17.1 Å². The second-order valence-electron chi connectivity index (χ2n) is 4.34. The largest absolute Gasteiger partial charge is 0.368 e. The zero-order chi connectivity index (χ0) is 14.8. The lowest BCUT2D eigenvalue weighted by Gasteiger charge is -2.10. The third kappa shape index (κ3) is 2.77. The van der Waals surface area contributed by atoms with Crippen molar-refractivity contribution in [2.24, 2.45) is 0 Å². The van der Waals surface area contributed by atoms with E-state index in [2.05, 4.69) is 30.5 Å². The van der Waals surface area contributed by atoms with Gasteiger partial charge in [0.2, 0.25) is 5.95 Å². The summed E-state index contributed by atoms with van der Waals surface area (Å²) in [4.78, 5) is 12.2. The third-order valence-electron chi connectivity index (χ3n) is 2.78. The van der Waals surface area contributed by atoms with Crippen molar-refractivity contribution in [3.63, 3.8) is 0 Å². The molecule has 1 aromatic carbocycles. The minimum absolute atomic E-state index is 0.146. The number of benzene rings is 1. The number of H-pyrrole nitrogens is 1. The second-order valence-corrected chi connectivity index (χ2v) is 4.75. The predicted octanol–water partition coefficient (Wildman–Crippen LogP) is 2.55. The average Bonchev–Trinajstić information content (AvgIpc) is 2.90. The Bertz CT molecular complexity index is 784. The van der Waals surface area contributed by atoms with Crippen LogP contribution in [0.3, 0.4) is 0 Å². The molecule has 0 aliphatic carbocycles. The molecule has 0 saturated carbocycles. The number of rotatable bonds is 3. The maximum absolute atomic E-state index is 6.07. The van der Waals surface area contributed by atoms with Gasteiger partial charge in [-0.05, 0) is 19.1 Å². The number of hydrogen-bond donors (Lipinski definition) is 3. The first-order chi connectivity index (χ1) is 10.1. The molecule has 0 radical (unpaired) electrons. The maximum Gasteiger partial charge on any atom is 0.222 e. The summed E-state index contributed by atoms with van der Waals surface area (Å²) in [6.45, 7) is 1.84. The Kier molecular flexibility index (Phi) is 3.41. The molecular formula is C13H12ClN7. The minimum Gasteiger partial charge on any atom is -0.368 e. The summed E-state index contributed by atoms with van der Waals surface area (Å²) in [5.41, 5.74) is 7.19. The number of nitrogen functional groups attached to an aromatic ring is 1. The van der Waals surface area contributed by atoms with Gasteiger partial charge in [-0.2, -0.15) is 10.1 Å². The van der Waals surface area contributed by atoms with E-state index in [1.54, 1.807) is 0 Å². The van der Waals surface area contributed by atoms with Crippen molar-refractivity contribution in [1.82, 2.24) is 25.1 Å². The topological polar surface area (TPSA) is 105 Å². The Hall–Kier alpha value is -2.67.